The quantitative estimate of drug-likeness (QED) is 0.658. The van der Waals surface area contributed by atoms with Crippen molar-refractivity contribution in [1.29, 1.82) is 0 Å². The number of nitrogen functional groups attached to an aromatic ring is 1. The van der Waals surface area contributed by atoms with Crippen molar-refractivity contribution in [3.05, 3.63) is 29.8 Å². The molecule has 0 heterocycles. The Hall–Kier alpha value is -1.02. The summed E-state index contributed by atoms with van der Waals surface area (Å²) in [5.41, 5.74) is 13.0. The van der Waals surface area contributed by atoms with Crippen LogP contribution in [0.2, 0.25) is 0 Å². The van der Waals surface area contributed by atoms with Crippen molar-refractivity contribution in [2.45, 2.75) is 20.3 Å². The normalized spacial score (nSPS) is 8.58. The average molecular weight is 166 g/mol. The van der Waals surface area contributed by atoms with E-state index in [1.807, 2.05) is 38.1 Å². The van der Waals surface area contributed by atoms with Crippen LogP contribution in [0.25, 0.3) is 0 Å². The molecule has 0 saturated carbocycles. The van der Waals surface area contributed by atoms with Crippen molar-refractivity contribution < 1.29 is 0 Å². The molecule has 2 heteroatoms. The predicted molar refractivity (Wildman–Crippen MR) is 55.0 cm³/mol. The van der Waals surface area contributed by atoms with Crippen LogP contribution in [0.15, 0.2) is 24.3 Å². The lowest BCUT2D eigenvalue weighted by molar-refractivity contribution is 0.971. The fourth-order valence-corrected chi connectivity index (χ4v) is 0.917. The monoisotopic (exact) mass is 166 g/mol. The summed E-state index contributed by atoms with van der Waals surface area (Å²) in [4.78, 5) is 0. The second kappa shape index (κ2) is 6.68. The van der Waals surface area contributed by atoms with Crippen molar-refractivity contribution in [2.75, 3.05) is 12.3 Å². The molecule has 12 heavy (non-hydrogen) atoms. The van der Waals surface area contributed by atoms with Gasteiger partial charge in [0.2, 0.25) is 0 Å². The Balaban J connectivity index is 0.000000561. The molecule has 0 aliphatic carbocycles. The molecule has 0 atom stereocenters. The molecule has 0 amide bonds. The summed E-state index contributed by atoms with van der Waals surface area (Å²) in [6.07, 6.45) is 0.868. The van der Waals surface area contributed by atoms with Gasteiger partial charge in [0.25, 0.3) is 0 Å². The molecule has 1 aromatic carbocycles. The third-order valence-electron chi connectivity index (χ3n) is 1.47. The van der Waals surface area contributed by atoms with Gasteiger partial charge in [0, 0.05) is 5.69 Å². The number of benzene rings is 1. The van der Waals surface area contributed by atoms with Crippen molar-refractivity contribution >= 4 is 5.69 Å². The minimum Gasteiger partial charge on any atom is -0.399 e. The van der Waals surface area contributed by atoms with Gasteiger partial charge in [0.1, 0.15) is 0 Å². The number of hydrogen-bond donors (Lipinski definition) is 2. The second-order valence-corrected chi connectivity index (χ2v) is 2.24. The summed E-state index contributed by atoms with van der Waals surface area (Å²) < 4.78 is 0. The highest BCUT2D eigenvalue weighted by Gasteiger charge is 1.93. The van der Waals surface area contributed by atoms with Crippen LogP contribution in [0.3, 0.4) is 0 Å². The molecule has 0 spiro atoms. The van der Waals surface area contributed by atoms with Crippen LogP contribution in [0.5, 0.6) is 0 Å². The van der Waals surface area contributed by atoms with Gasteiger partial charge in [-0.1, -0.05) is 32.0 Å². The Labute approximate surface area is 74.6 Å². The molecular formula is C10H18N2. The molecular weight excluding hydrogens is 148 g/mol. The van der Waals surface area contributed by atoms with Gasteiger partial charge in [0.05, 0.1) is 0 Å². The number of rotatable bonds is 2. The van der Waals surface area contributed by atoms with Gasteiger partial charge in [-0.05, 0) is 24.6 Å². The number of para-hydroxylation sites is 1. The Bertz CT molecular complexity index is 209. The van der Waals surface area contributed by atoms with Crippen LogP contribution >= 0.6 is 0 Å². The maximum atomic E-state index is 5.65. The van der Waals surface area contributed by atoms with Crippen LogP contribution in [0.1, 0.15) is 19.4 Å². The van der Waals surface area contributed by atoms with Gasteiger partial charge >= 0.3 is 0 Å². The van der Waals surface area contributed by atoms with Gasteiger partial charge < -0.3 is 11.5 Å². The topological polar surface area (TPSA) is 52.0 Å². The van der Waals surface area contributed by atoms with E-state index in [9.17, 15) is 0 Å². The standard InChI is InChI=1S/C8H12N2.C2H6/c9-6-5-7-3-1-2-4-8(7)10;1-2/h1-4H,5-6,9-10H2;1-2H3. The zero-order valence-corrected chi connectivity index (χ0v) is 7.88. The third kappa shape index (κ3) is 3.39. The highest BCUT2D eigenvalue weighted by atomic mass is 14.6. The number of hydrogen-bond acceptors (Lipinski definition) is 2. The van der Waals surface area contributed by atoms with Crippen molar-refractivity contribution in [2.24, 2.45) is 5.73 Å². The van der Waals surface area contributed by atoms with Crippen molar-refractivity contribution in [3.63, 3.8) is 0 Å². The van der Waals surface area contributed by atoms with Crippen molar-refractivity contribution in [3.8, 4) is 0 Å². The summed E-state index contributed by atoms with van der Waals surface area (Å²) in [6.45, 7) is 4.66. The van der Waals surface area contributed by atoms with Gasteiger partial charge in [-0.15, -0.1) is 0 Å². The molecule has 0 radical (unpaired) electrons. The maximum absolute atomic E-state index is 5.65. The zero-order valence-electron chi connectivity index (χ0n) is 7.88. The molecule has 0 saturated heterocycles. The summed E-state index contributed by atoms with van der Waals surface area (Å²) in [6, 6.07) is 7.80. The van der Waals surface area contributed by atoms with Gasteiger partial charge in [-0.25, -0.2) is 0 Å². The Morgan fingerprint density at radius 3 is 2.25 bits per heavy atom. The van der Waals surface area contributed by atoms with Crippen LogP contribution < -0.4 is 11.5 Å². The Morgan fingerprint density at radius 1 is 1.17 bits per heavy atom. The molecule has 1 aromatic rings. The smallest absolute Gasteiger partial charge is 0.0347 e. The number of anilines is 1. The molecule has 0 aromatic heterocycles. The van der Waals surface area contributed by atoms with E-state index in [0.717, 1.165) is 17.7 Å². The lowest BCUT2D eigenvalue weighted by atomic mass is 10.1. The summed E-state index contributed by atoms with van der Waals surface area (Å²) in [5, 5.41) is 0. The first-order valence-electron chi connectivity index (χ1n) is 4.38. The van der Waals surface area contributed by atoms with E-state index in [4.69, 9.17) is 11.5 Å². The largest absolute Gasteiger partial charge is 0.399 e. The molecule has 68 valence electrons. The molecule has 0 aliphatic heterocycles. The molecule has 0 unspecified atom stereocenters. The first-order chi connectivity index (χ1) is 5.84. The summed E-state index contributed by atoms with van der Waals surface area (Å²) in [5.74, 6) is 0. The molecule has 2 nitrogen and oxygen atoms in total. The van der Waals surface area contributed by atoms with Crippen LogP contribution in [0.4, 0.5) is 5.69 Å². The van der Waals surface area contributed by atoms with Gasteiger partial charge in [-0.2, -0.15) is 0 Å². The van der Waals surface area contributed by atoms with E-state index in [-0.39, 0.29) is 0 Å². The van der Waals surface area contributed by atoms with Gasteiger partial charge in [0.15, 0.2) is 0 Å². The second-order valence-electron chi connectivity index (χ2n) is 2.24. The molecule has 0 fully saturated rings. The molecule has 4 N–H and O–H groups in total. The van der Waals surface area contributed by atoms with Gasteiger partial charge in [-0.3, -0.25) is 0 Å². The highest BCUT2D eigenvalue weighted by Crippen LogP contribution is 2.09. The van der Waals surface area contributed by atoms with E-state index >= 15 is 0 Å². The average Bonchev–Trinajstić information content (AvgIpc) is 2.13. The SMILES string of the molecule is CC.NCCc1ccccc1N. The van der Waals surface area contributed by atoms with E-state index in [0.29, 0.717) is 6.54 Å². The van der Waals surface area contributed by atoms with Crippen LogP contribution in [-0.4, -0.2) is 6.54 Å². The summed E-state index contributed by atoms with van der Waals surface area (Å²) in [7, 11) is 0. The summed E-state index contributed by atoms with van der Waals surface area (Å²) >= 11 is 0. The fraction of sp³-hybridized carbons (Fsp3) is 0.400. The van der Waals surface area contributed by atoms with E-state index in [2.05, 4.69) is 0 Å². The first-order valence-corrected chi connectivity index (χ1v) is 4.38. The molecule has 0 bridgehead atoms. The van der Waals surface area contributed by atoms with E-state index in [1.54, 1.807) is 0 Å². The zero-order chi connectivity index (χ0) is 9.40. The number of nitrogens with two attached hydrogens (primary N) is 2. The minimum absolute atomic E-state index is 0.661. The minimum atomic E-state index is 0.661. The predicted octanol–water partition coefficient (Wildman–Crippen LogP) is 1.80. The molecule has 1 rings (SSSR count). The molecule has 0 aliphatic rings. The van der Waals surface area contributed by atoms with E-state index < -0.39 is 0 Å². The Morgan fingerprint density at radius 2 is 1.75 bits per heavy atom. The highest BCUT2D eigenvalue weighted by molar-refractivity contribution is 5.46. The van der Waals surface area contributed by atoms with Crippen molar-refractivity contribution in [1.82, 2.24) is 0 Å². The first kappa shape index (κ1) is 11.0. The van der Waals surface area contributed by atoms with Crippen LogP contribution in [0, 0.1) is 0 Å². The third-order valence-corrected chi connectivity index (χ3v) is 1.47. The van der Waals surface area contributed by atoms with Crippen LogP contribution in [-0.2, 0) is 6.42 Å². The lowest BCUT2D eigenvalue weighted by Gasteiger charge is -2.01. The maximum Gasteiger partial charge on any atom is 0.0347 e. The lowest BCUT2D eigenvalue weighted by Crippen LogP contribution is -2.04. The Kier molecular flexibility index (Phi) is 6.11. The van der Waals surface area contributed by atoms with E-state index in [1.165, 1.54) is 0 Å². The fourth-order valence-electron chi connectivity index (χ4n) is 0.917.